The first-order valence-corrected chi connectivity index (χ1v) is 9.51. The minimum Gasteiger partial charge on any atom is -0.376 e. The summed E-state index contributed by atoms with van der Waals surface area (Å²) in [5, 5.41) is 10.8. The second-order valence-corrected chi connectivity index (χ2v) is 6.74. The van der Waals surface area contributed by atoms with Gasteiger partial charge in [0.2, 0.25) is 5.91 Å². The summed E-state index contributed by atoms with van der Waals surface area (Å²) in [6, 6.07) is 23.9. The first-order valence-electron chi connectivity index (χ1n) is 9.51. The number of nitrogens with zero attached hydrogens (tertiary/aromatic N) is 1. The topological polar surface area (TPSA) is 83.1 Å². The lowest BCUT2D eigenvalue weighted by Crippen LogP contribution is -2.22. The molecular formula is C24H20N4O2. The molecule has 0 atom stereocenters. The normalized spacial score (nSPS) is 10.4. The first-order chi connectivity index (χ1) is 14.7. The second-order valence-electron chi connectivity index (χ2n) is 6.74. The quantitative estimate of drug-likeness (QED) is 0.447. The van der Waals surface area contributed by atoms with Crippen LogP contribution >= 0.6 is 0 Å². The molecule has 0 unspecified atom stereocenters. The standard InChI is InChI=1S/C24H20N4O2/c29-23(27-22-10-9-19-15-25-12-11-17(19)13-22)16-26-21-8-4-5-18(14-21)24(30)28-20-6-2-1-3-7-20/h1-15,26H,16H2,(H,27,29)(H,28,30). The van der Waals surface area contributed by atoms with Crippen molar-refractivity contribution in [2.75, 3.05) is 22.5 Å². The van der Waals surface area contributed by atoms with E-state index in [1.54, 1.807) is 30.6 Å². The Bertz CT molecular complexity index is 1190. The van der Waals surface area contributed by atoms with Crippen molar-refractivity contribution in [3.8, 4) is 0 Å². The van der Waals surface area contributed by atoms with E-state index < -0.39 is 0 Å². The Labute approximate surface area is 174 Å². The zero-order chi connectivity index (χ0) is 20.8. The van der Waals surface area contributed by atoms with E-state index in [2.05, 4.69) is 20.9 Å². The number of anilines is 3. The van der Waals surface area contributed by atoms with E-state index in [1.807, 2.05) is 60.7 Å². The number of hydrogen-bond acceptors (Lipinski definition) is 4. The van der Waals surface area contributed by atoms with Crippen molar-refractivity contribution < 1.29 is 9.59 Å². The smallest absolute Gasteiger partial charge is 0.255 e. The highest BCUT2D eigenvalue weighted by Crippen LogP contribution is 2.18. The molecule has 3 N–H and O–H groups in total. The predicted molar refractivity (Wildman–Crippen MR) is 120 cm³/mol. The number of carbonyl (C=O) groups excluding carboxylic acids is 2. The molecule has 0 aliphatic rings. The lowest BCUT2D eigenvalue weighted by molar-refractivity contribution is -0.114. The van der Waals surface area contributed by atoms with Crippen LogP contribution < -0.4 is 16.0 Å². The van der Waals surface area contributed by atoms with Crippen LogP contribution in [0.4, 0.5) is 17.1 Å². The summed E-state index contributed by atoms with van der Waals surface area (Å²) in [7, 11) is 0. The fourth-order valence-electron chi connectivity index (χ4n) is 3.04. The van der Waals surface area contributed by atoms with Gasteiger partial charge in [0.25, 0.3) is 5.91 Å². The third kappa shape index (κ3) is 4.80. The van der Waals surface area contributed by atoms with Crippen molar-refractivity contribution in [3.63, 3.8) is 0 Å². The molecule has 0 saturated heterocycles. The monoisotopic (exact) mass is 396 g/mol. The van der Waals surface area contributed by atoms with Gasteiger partial charge in [-0.3, -0.25) is 14.6 Å². The van der Waals surface area contributed by atoms with E-state index in [1.165, 1.54) is 0 Å². The predicted octanol–water partition coefficient (Wildman–Crippen LogP) is 4.54. The molecule has 0 aliphatic heterocycles. The van der Waals surface area contributed by atoms with Gasteiger partial charge < -0.3 is 16.0 Å². The number of benzene rings is 3. The Kier molecular flexibility index (Phi) is 5.66. The van der Waals surface area contributed by atoms with E-state index >= 15 is 0 Å². The number of carbonyl (C=O) groups is 2. The van der Waals surface area contributed by atoms with E-state index in [0.29, 0.717) is 11.3 Å². The summed E-state index contributed by atoms with van der Waals surface area (Å²) in [5.41, 5.74) is 2.64. The largest absolute Gasteiger partial charge is 0.376 e. The number of rotatable bonds is 6. The molecule has 6 nitrogen and oxygen atoms in total. The van der Waals surface area contributed by atoms with Gasteiger partial charge in [0.05, 0.1) is 6.54 Å². The summed E-state index contributed by atoms with van der Waals surface area (Å²) >= 11 is 0. The third-order valence-corrected chi connectivity index (χ3v) is 4.53. The molecule has 1 aromatic heterocycles. The van der Waals surface area contributed by atoms with Gasteiger partial charge in [0.15, 0.2) is 0 Å². The molecule has 1 heterocycles. The minimum absolute atomic E-state index is 0.0815. The summed E-state index contributed by atoms with van der Waals surface area (Å²) in [6.07, 6.45) is 3.50. The summed E-state index contributed by atoms with van der Waals surface area (Å²) < 4.78 is 0. The van der Waals surface area contributed by atoms with Crippen LogP contribution in [0.5, 0.6) is 0 Å². The molecule has 2 amide bonds. The average Bonchev–Trinajstić information content (AvgIpc) is 2.78. The molecule has 148 valence electrons. The van der Waals surface area contributed by atoms with Crippen LogP contribution in [0.15, 0.2) is 91.3 Å². The van der Waals surface area contributed by atoms with Crippen molar-refractivity contribution in [2.24, 2.45) is 0 Å². The molecular weight excluding hydrogens is 376 g/mol. The molecule has 4 aromatic rings. The van der Waals surface area contributed by atoms with Gasteiger partial charge in [0.1, 0.15) is 0 Å². The van der Waals surface area contributed by atoms with Crippen molar-refractivity contribution >= 4 is 39.6 Å². The van der Waals surface area contributed by atoms with Gasteiger partial charge in [-0.05, 0) is 53.9 Å². The van der Waals surface area contributed by atoms with E-state index in [0.717, 1.165) is 22.1 Å². The highest BCUT2D eigenvalue weighted by molar-refractivity contribution is 6.05. The second kappa shape index (κ2) is 8.87. The van der Waals surface area contributed by atoms with Crippen molar-refractivity contribution in [1.82, 2.24) is 4.98 Å². The van der Waals surface area contributed by atoms with Gasteiger partial charge in [0, 0.05) is 40.4 Å². The van der Waals surface area contributed by atoms with Crippen molar-refractivity contribution in [2.45, 2.75) is 0 Å². The maximum Gasteiger partial charge on any atom is 0.255 e. The average molecular weight is 396 g/mol. The Balaban J connectivity index is 1.35. The van der Waals surface area contributed by atoms with Crippen LogP contribution in [0, 0.1) is 0 Å². The van der Waals surface area contributed by atoms with Gasteiger partial charge in [-0.1, -0.05) is 30.3 Å². The molecule has 0 aliphatic carbocycles. The van der Waals surface area contributed by atoms with Gasteiger partial charge in [-0.25, -0.2) is 0 Å². The van der Waals surface area contributed by atoms with Crippen LogP contribution in [0.25, 0.3) is 10.8 Å². The van der Waals surface area contributed by atoms with Crippen molar-refractivity contribution in [1.29, 1.82) is 0 Å². The Morgan fingerprint density at radius 1 is 0.733 bits per heavy atom. The lowest BCUT2D eigenvalue weighted by Gasteiger charge is -2.10. The maximum absolute atomic E-state index is 12.4. The molecule has 0 spiro atoms. The Morgan fingerprint density at radius 2 is 1.57 bits per heavy atom. The lowest BCUT2D eigenvalue weighted by atomic mass is 10.1. The van der Waals surface area contributed by atoms with E-state index in [4.69, 9.17) is 0 Å². The van der Waals surface area contributed by atoms with Gasteiger partial charge in [-0.2, -0.15) is 0 Å². The SMILES string of the molecule is O=C(CNc1cccc(C(=O)Nc2ccccc2)c1)Nc1ccc2cnccc2c1. The van der Waals surface area contributed by atoms with Gasteiger partial charge in [-0.15, -0.1) is 0 Å². The number of fused-ring (bicyclic) bond motifs is 1. The zero-order valence-corrected chi connectivity index (χ0v) is 16.1. The summed E-state index contributed by atoms with van der Waals surface area (Å²) in [5.74, 6) is -0.387. The minimum atomic E-state index is -0.208. The van der Waals surface area contributed by atoms with Crippen LogP contribution in [-0.4, -0.2) is 23.3 Å². The molecule has 3 aromatic carbocycles. The Morgan fingerprint density at radius 3 is 2.43 bits per heavy atom. The molecule has 0 bridgehead atoms. The van der Waals surface area contributed by atoms with Crippen molar-refractivity contribution in [3.05, 3.63) is 96.8 Å². The van der Waals surface area contributed by atoms with Crippen LogP contribution in [0.1, 0.15) is 10.4 Å². The van der Waals surface area contributed by atoms with Crippen LogP contribution in [0.2, 0.25) is 0 Å². The molecule has 4 rings (SSSR count). The number of aromatic nitrogens is 1. The third-order valence-electron chi connectivity index (χ3n) is 4.53. The highest BCUT2D eigenvalue weighted by Gasteiger charge is 2.08. The zero-order valence-electron chi connectivity index (χ0n) is 16.1. The summed E-state index contributed by atoms with van der Waals surface area (Å²) in [4.78, 5) is 28.8. The first kappa shape index (κ1) is 19.1. The summed E-state index contributed by atoms with van der Waals surface area (Å²) in [6.45, 7) is 0.0815. The van der Waals surface area contributed by atoms with Gasteiger partial charge >= 0.3 is 0 Å². The van der Waals surface area contributed by atoms with Crippen LogP contribution in [-0.2, 0) is 4.79 Å². The molecule has 0 fully saturated rings. The molecule has 6 heteroatoms. The molecule has 0 radical (unpaired) electrons. The highest BCUT2D eigenvalue weighted by atomic mass is 16.2. The number of amides is 2. The Hall–Kier alpha value is -4.19. The number of para-hydroxylation sites is 1. The van der Waals surface area contributed by atoms with E-state index in [9.17, 15) is 9.59 Å². The fraction of sp³-hybridized carbons (Fsp3) is 0.0417. The number of hydrogen-bond donors (Lipinski definition) is 3. The number of pyridine rings is 1. The fourth-order valence-corrected chi connectivity index (χ4v) is 3.04. The van der Waals surface area contributed by atoms with E-state index in [-0.39, 0.29) is 18.4 Å². The molecule has 0 saturated carbocycles. The molecule has 30 heavy (non-hydrogen) atoms. The number of nitrogens with one attached hydrogen (secondary N) is 3. The maximum atomic E-state index is 12.4. The van der Waals surface area contributed by atoms with Crippen LogP contribution in [0.3, 0.4) is 0 Å².